The summed E-state index contributed by atoms with van der Waals surface area (Å²) in [5.74, 6) is -0.261. The molecule has 0 radical (unpaired) electrons. The molecule has 2 heterocycles. The Morgan fingerprint density at radius 2 is 2.28 bits per heavy atom. The number of aliphatic hydroxyl groups excluding tert-OH is 1. The molecule has 1 aliphatic rings. The predicted molar refractivity (Wildman–Crippen MR) is 87.8 cm³/mol. The highest BCUT2D eigenvalue weighted by molar-refractivity contribution is 5.97. The molecule has 1 aromatic carbocycles. The van der Waals surface area contributed by atoms with Crippen LogP contribution in [0.3, 0.4) is 0 Å². The van der Waals surface area contributed by atoms with Crippen molar-refractivity contribution >= 4 is 16.8 Å². The van der Waals surface area contributed by atoms with Crippen molar-refractivity contribution in [2.75, 3.05) is 13.2 Å². The smallest absolute Gasteiger partial charge is 0.387 e. The van der Waals surface area contributed by atoms with Crippen molar-refractivity contribution in [3.8, 4) is 5.75 Å². The predicted octanol–water partition coefficient (Wildman–Crippen LogP) is 2.35. The maximum absolute atomic E-state index is 12.3. The molecule has 1 fully saturated rings. The van der Waals surface area contributed by atoms with E-state index in [0.717, 1.165) is 6.42 Å². The van der Waals surface area contributed by atoms with Crippen LogP contribution in [-0.2, 0) is 4.74 Å². The fourth-order valence-electron chi connectivity index (χ4n) is 2.73. The number of alkyl halides is 2. The number of nitrogens with one attached hydrogen (secondary N) is 1. The molecule has 6 nitrogen and oxygen atoms in total. The molecule has 1 aromatic heterocycles. The van der Waals surface area contributed by atoms with Crippen molar-refractivity contribution in [3.63, 3.8) is 0 Å². The number of rotatable bonds is 5. The first kappa shape index (κ1) is 17.5. The van der Waals surface area contributed by atoms with Crippen LogP contribution < -0.4 is 10.1 Å². The van der Waals surface area contributed by atoms with Crippen molar-refractivity contribution in [1.29, 1.82) is 0 Å². The number of pyridine rings is 1. The highest BCUT2D eigenvalue weighted by Crippen LogP contribution is 2.22. The number of amides is 1. The molecule has 136 valence electrons. The Balaban J connectivity index is 0.00000243. The van der Waals surface area contributed by atoms with Gasteiger partial charge in [0.1, 0.15) is 5.75 Å². The van der Waals surface area contributed by atoms with Gasteiger partial charge in [0.25, 0.3) is 5.91 Å². The topological polar surface area (TPSA) is 80.7 Å². The van der Waals surface area contributed by atoms with Crippen molar-refractivity contribution in [2.45, 2.75) is 31.6 Å². The van der Waals surface area contributed by atoms with Crippen LogP contribution in [0.1, 0.15) is 24.6 Å². The monoisotopic (exact) mass is 354 g/mol. The Morgan fingerprint density at radius 3 is 2.96 bits per heavy atom. The molecule has 8 heteroatoms. The van der Waals surface area contributed by atoms with Gasteiger partial charge in [0, 0.05) is 19.1 Å². The second-order valence-corrected chi connectivity index (χ2v) is 5.84. The SMILES string of the molecule is O=C(N[C@@H]1CC[C@@H](CO)OC1)c1cnc2cc(OC(F)F)ccc2c1.[HH]. The minimum Gasteiger partial charge on any atom is -0.435 e. The third-order valence-electron chi connectivity index (χ3n) is 4.05. The molecule has 0 saturated carbocycles. The second kappa shape index (κ2) is 7.71. The van der Waals surface area contributed by atoms with E-state index in [2.05, 4.69) is 15.0 Å². The fraction of sp³-hybridized carbons (Fsp3) is 0.412. The summed E-state index contributed by atoms with van der Waals surface area (Å²) in [7, 11) is 0. The lowest BCUT2D eigenvalue weighted by molar-refractivity contribution is -0.0497. The van der Waals surface area contributed by atoms with Crippen molar-refractivity contribution in [2.24, 2.45) is 0 Å². The third-order valence-corrected chi connectivity index (χ3v) is 4.05. The largest absolute Gasteiger partial charge is 0.435 e. The van der Waals surface area contributed by atoms with Gasteiger partial charge in [-0.05, 0) is 31.0 Å². The Labute approximate surface area is 144 Å². The van der Waals surface area contributed by atoms with Gasteiger partial charge in [0.05, 0.1) is 36.4 Å². The average molecular weight is 354 g/mol. The van der Waals surface area contributed by atoms with Gasteiger partial charge >= 0.3 is 6.61 Å². The minimum absolute atomic E-state index is 0. The molecule has 2 atom stereocenters. The van der Waals surface area contributed by atoms with Crippen LogP contribution in [0.5, 0.6) is 5.75 Å². The van der Waals surface area contributed by atoms with Crippen molar-refractivity contribution in [1.82, 2.24) is 10.3 Å². The summed E-state index contributed by atoms with van der Waals surface area (Å²) >= 11 is 0. The van der Waals surface area contributed by atoms with Gasteiger partial charge in [-0.1, -0.05) is 0 Å². The van der Waals surface area contributed by atoms with Crippen LogP contribution in [0.2, 0.25) is 0 Å². The summed E-state index contributed by atoms with van der Waals surface area (Å²) in [6, 6.07) is 5.90. The number of nitrogens with zero attached hydrogens (tertiary/aromatic N) is 1. The highest BCUT2D eigenvalue weighted by Gasteiger charge is 2.23. The van der Waals surface area contributed by atoms with E-state index in [-0.39, 0.29) is 31.8 Å². The normalized spacial score (nSPS) is 20.6. The van der Waals surface area contributed by atoms with E-state index in [0.29, 0.717) is 29.5 Å². The second-order valence-electron chi connectivity index (χ2n) is 5.84. The lowest BCUT2D eigenvalue weighted by atomic mass is 10.0. The Bertz CT molecular complexity index is 755. The molecule has 0 spiro atoms. The molecule has 0 unspecified atom stereocenters. The molecule has 0 aliphatic carbocycles. The van der Waals surface area contributed by atoms with E-state index in [9.17, 15) is 13.6 Å². The number of fused-ring (bicyclic) bond motifs is 1. The highest BCUT2D eigenvalue weighted by atomic mass is 19.3. The van der Waals surface area contributed by atoms with E-state index in [1.165, 1.54) is 18.3 Å². The molecule has 25 heavy (non-hydrogen) atoms. The molecule has 0 bridgehead atoms. The first-order valence-electron chi connectivity index (χ1n) is 7.93. The molecule has 1 aliphatic heterocycles. The van der Waals surface area contributed by atoms with Gasteiger partial charge < -0.3 is 19.9 Å². The molecule has 3 rings (SSSR count). The molecular weight excluding hydrogens is 334 g/mol. The maximum Gasteiger partial charge on any atom is 0.387 e. The summed E-state index contributed by atoms with van der Waals surface area (Å²) in [4.78, 5) is 16.5. The lowest BCUT2D eigenvalue weighted by Crippen LogP contribution is -2.43. The number of aliphatic hydroxyl groups is 1. The zero-order chi connectivity index (χ0) is 17.8. The van der Waals surface area contributed by atoms with E-state index in [1.807, 2.05) is 0 Å². The minimum atomic E-state index is -2.90. The molecular formula is C17H20F2N2O4. The summed E-state index contributed by atoms with van der Waals surface area (Å²) < 4.78 is 34.3. The molecule has 1 saturated heterocycles. The number of benzene rings is 1. The quantitative estimate of drug-likeness (QED) is 0.862. The summed E-state index contributed by atoms with van der Waals surface area (Å²) in [5.41, 5.74) is 0.834. The molecule has 2 N–H and O–H groups in total. The Morgan fingerprint density at radius 1 is 1.44 bits per heavy atom. The number of halogens is 2. The summed E-state index contributed by atoms with van der Waals surface area (Å²) in [6.45, 7) is -2.57. The zero-order valence-corrected chi connectivity index (χ0v) is 13.3. The average Bonchev–Trinajstić information content (AvgIpc) is 2.61. The Hall–Kier alpha value is -2.32. The van der Waals surface area contributed by atoms with E-state index in [1.54, 1.807) is 12.1 Å². The van der Waals surface area contributed by atoms with E-state index in [4.69, 9.17) is 9.84 Å². The van der Waals surface area contributed by atoms with Crippen LogP contribution in [0.25, 0.3) is 10.9 Å². The zero-order valence-electron chi connectivity index (χ0n) is 13.3. The number of aromatic nitrogens is 1. The Kier molecular flexibility index (Phi) is 5.40. The summed E-state index contributed by atoms with van der Waals surface area (Å²) in [5, 5.41) is 12.6. The standard InChI is InChI=1S/C17H18F2N2O4.H2/c18-17(19)25-13-3-1-10-5-11(7-20-15(10)6-13)16(23)21-12-2-4-14(8-22)24-9-12;/h1,3,5-7,12,14,17,22H,2,4,8-9H2,(H,21,23);1H/t12-,14+;/m1./s1. The van der Waals surface area contributed by atoms with Gasteiger partial charge in [0.2, 0.25) is 0 Å². The number of ether oxygens (including phenoxy) is 2. The number of hydrogen-bond donors (Lipinski definition) is 2. The van der Waals surface area contributed by atoms with Gasteiger partial charge in [-0.15, -0.1) is 0 Å². The van der Waals surface area contributed by atoms with Crippen molar-refractivity contribution in [3.05, 3.63) is 36.0 Å². The van der Waals surface area contributed by atoms with Crippen LogP contribution in [0.4, 0.5) is 8.78 Å². The van der Waals surface area contributed by atoms with Crippen LogP contribution >= 0.6 is 0 Å². The lowest BCUT2D eigenvalue weighted by Gasteiger charge is -2.28. The maximum atomic E-state index is 12.3. The van der Waals surface area contributed by atoms with Gasteiger partial charge in [-0.2, -0.15) is 8.78 Å². The third kappa shape index (κ3) is 4.40. The first-order chi connectivity index (χ1) is 12.0. The van der Waals surface area contributed by atoms with Crippen LogP contribution in [0, 0.1) is 0 Å². The number of carbonyl (C=O) groups excluding carboxylic acids is 1. The summed E-state index contributed by atoms with van der Waals surface area (Å²) in [6.07, 6.45) is 2.64. The number of hydrogen-bond acceptors (Lipinski definition) is 5. The van der Waals surface area contributed by atoms with Crippen molar-refractivity contribution < 1.29 is 29.6 Å². The van der Waals surface area contributed by atoms with Gasteiger partial charge in [-0.3, -0.25) is 9.78 Å². The van der Waals surface area contributed by atoms with Crippen LogP contribution in [0.15, 0.2) is 30.5 Å². The van der Waals surface area contributed by atoms with E-state index >= 15 is 0 Å². The molecule has 2 aromatic rings. The number of carbonyl (C=O) groups is 1. The molecule has 1 amide bonds. The van der Waals surface area contributed by atoms with Gasteiger partial charge in [0.15, 0.2) is 0 Å². The fourth-order valence-corrected chi connectivity index (χ4v) is 2.73. The van der Waals surface area contributed by atoms with Gasteiger partial charge in [-0.25, -0.2) is 0 Å². The first-order valence-corrected chi connectivity index (χ1v) is 7.93. The van der Waals surface area contributed by atoms with Crippen LogP contribution in [-0.4, -0.2) is 48.0 Å². The van der Waals surface area contributed by atoms with E-state index < -0.39 is 6.61 Å².